The first-order chi connectivity index (χ1) is 15.9. The van der Waals surface area contributed by atoms with Crippen molar-refractivity contribution in [2.24, 2.45) is 13.0 Å². The molecule has 4 aromatic rings. The quantitative estimate of drug-likeness (QED) is 0.342. The van der Waals surface area contributed by atoms with Crippen LogP contribution in [0.2, 0.25) is 0 Å². The van der Waals surface area contributed by atoms with E-state index in [4.69, 9.17) is 7.73 Å². The fourth-order valence-electron chi connectivity index (χ4n) is 5.44. The maximum Gasteiger partial charge on any atom is 0.215 e. The van der Waals surface area contributed by atoms with Gasteiger partial charge in [0.15, 0.2) is 6.20 Å². The van der Waals surface area contributed by atoms with Crippen molar-refractivity contribution in [3.63, 3.8) is 0 Å². The average Bonchev–Trinajstić information content (AvgIpc) is 3.36. The van der Waals surface area contributed by atoms with Gasteiger partial charge >= 0.3 is 0 Å². The van der Waals surface area contributed by atoms with Crippen molar-refractivity contribution >= 4 is 11.0 Å². The smallest absolute Gasteiger partial charge is 0.215 e. The lowest BCUT2D eigenvalue weighted by atomic mass is 9.85. The number of nitrogens with zero attached hydrogens (tertiary/aromatic N) is 3. The first-order valence-corrected chi connectivity index (χ1v) is 11.5. The van der Waals surface area contributed by atoms with E-state index in [9.17, 15) is 0 Å². The van der Waals surface area contributed by atoms with Crippen molar-refractivity contribution < 1.29 is 7.31 Å². The maximum atomic E-state index is 9.00. The highest BCUT2D eigenvalue weighted by Gasteiger charge is 2.26. The van der Waals surface area contributed by atoms with Crippen molar-refractivity contribution in [2.75, 3.05) is 0 Å². The number of hydrogen-bond donors (Lipinski definition) is 0. The number of fused-ring (bicyclic) bond motifs is 5. The minimum absolute atomic E-state index is 0.0941. The summed E-state index contributed by atoms with van der Waals surface area (Å²) < 4.78 is 22.4. The van der Waals surface area contributed by atoms with E-state index < -0.39 is 6.37 Å². The molecule has 0 atom stereocenters. The molecule has 0 amide bonds. The van der Waals surface area contributed by atoms with Crippen LogP contribution in [0.5, 0.6) is 0 Å². The molecule has 31 heavy (non-hydrogen) atoms. The van der Waals surface area contributed by atoms with Crippen molar-refractivity contribution in [1.29, 1.82) is 0 Å². The Morgan fingerprint density at radius 2 is 1.94 bits per heavy atom. The molecule has 1 saturated carbocycles. The van der Waals surface area contributed by atoms with E-state index >= 15 is 0 Å². The van der Waals surface area contributed by atoms with E-state index in [0.29, 0.717) is 0 Å². The van der Waals surface area contributed by atoms with Gasteiger partial charge in [-0.25, -0.2) is 9.55 Å². The number of hydrogen-bond acceptors (Lipinski definition) is 1. The Bertz CT molecular complexity index is 1380. The summed E-state index contributed by atoms with van der Waals surface area (Å²) >= 11 is 0. The van der Waals surface area contributed by atoms with E-state index in [2.05, 4.69) is 58.5 Å². The Morgan fingerprint density at radius 1 is 1.10 bits per heavy atom. The van der Waals surface area contributed by atoms with Crippen LogP contribution in [0, 0.1) is 12.8 Å². The zero-order chi connectivity index (χ0) is 22.7. The van der Waals surface area contributed by atoms with Gasteiger partial charge < -0.3 is 0 Å². The summed E-state index contributed by atoms with van der Waals surface area (Å²) in [7, 11) is 2.05. The number of aryl methyl sites for hydroxylation is 2. The molecule has 156 valence electrons. The molecule has 0 N–H and O–H groups in total. The maximum absolute atomic E-state index is 9.00. The van der Waals surface area contributed by atoms with Gasteiger partial charge in [0, 0.05) is 21.3 Å². The van der Waals surface area contributed by atoms with Gasteiger partial charge in [-0.15, -0.1) is 0 Å². The van der Waals surface area contributed by atoms with Crippen LogP contribution in [-0.2, 0) is 19.8 Å². The van der Waals surface area contributed by atoms with Crippen LogP contribution in [0.4, 0.5) is 0 Å². The molecular formula is C28H30N3+. The molecule has 1 aliphatic heterocycles. The fourth-order valence-corrected chi connectivity index (χ4v) is 5.44. The molecule has 1 fully saturated rings. The summed E-state index contributed by atoms with van der Waals surface area (Å²) in [6.07, 6.45) is 7.01. The highest BCUT2D eigenvalue weighted by molar-refractivity contribution is 5.94. The predicted octanol–water partition coefficient (Wildman–Crippen LogP) is 5.85. The van der Waals surface area contributed by atoms with Gasteiger partial charge in [0.25, 0.3) is 0 Å². The second-order valence-electron chi connectivity index (χ2n) is 9.18. The van der Waals surface area contributed by atoms with Crippen molar-refractivity contribution in [3.05, 3.63) is 77.2 Å². The second-order valence-corrected chi connectivity index (χ2v) is 9.18. The van der Waals surface area contributed by atoms with E-state index in [0.717, 1.165) is 65.8 Å². The van der Waals surface area contributed by atoms with Crippen LogP contribution in [0.25, 0.3) is 28.0 Å². The normalized spacial score (nSPS) is 17.4. The van der Waals surface area contributed by atoms with Crippen LogP contribution in [-0.4, -0.2) is 9.55 Å². The number of para-hydroxylation sites is 1. The van der Waals surface area contributed by atoms with Gasteiger partial charge in [-0.3, -0.25) is 4.57 Å². The predicted molar refractivity (Wildman–Crippen MR) is 126 cm³/mol. The Morgan fingerprint density at radius 3 is 2.81 bits per heavy atom. The highest BCUT2D eigenvalue weighted by atomic mass is 15.1. The molecule has 6 rings (SSSR count). The number of imidazole rings is 1. The summed E-state index contributed by atoms with van der Waals surface area (Å²) in [5, 5.41) is 0. The van der Waals surface area contributed by atoms with E-state index in [1.165, 1.54) is 23.2 Å². The molecule has 0 unspecified atom stereocenters. The van der Waals surface area contributed by atoms with Gasteiger partial charge in [0.05, 0.1) is 16.8 Å². The third-order valence-electron chi connectivity index (χ3n) is 7.07. The number of rotatable bonds is 3. The van der Waals surface area contributed by atoms with E-state index in [1.54, 1.807) is 0 Å². The minimum atomic E-state index is -1.32. The second kappa shape index (κ2) is 7.33. The standard InChI is InChI=1S/C28H30N3/c1-19-12-13-24-28(29-26-18-22-10-6-7-11-23(22)31(24)26)27(19)25-17-21(14-15-30(25)2)16-20-8-4-3-5-9-20/h6-7,10-15,17,20H,3-5,8-9,16,18H2,1-2H3/q+1/i16D2. The van der Waals surface area contributed by atoms with Crippen molar-refractivity contribution in [1.82, 2.24) is 9.55 Å². The zero-order valence-electron chi connectivity index (χ0n) is 20.4. The topological polar surface area (TPSA) is 21.7 Å². The minimum Gasteiger partial charge on any atom is -0.296 e. The first kappa shape index (κ1) is 16.7. The third-order valence-corrected chi connectivity index (χ3v) is 7.07. The Kier molecular flexibility index (Phi) is 3.95. The summed E-state index contributed by atoms with van der Waals surface area (Å²) in [6.45, 7) is 2.13. The molecule has 2 aliphatic rings. The lowest BCUT2D eigenvalue weighted by Crippen LogP contribution is -2.31. The summed E-state index contributed by atoms with van der Waals surface area (Å²) in [4.78, 5) is 5.12. The van der Waals surface area contributed by atoms with Gasteiger partial charge in [-0.1, -0.05) is 56.4 Å². The van der Waals surface area contributed by atoms with Gasteiger partial charge in [0.2, 0.25) is 5.69 Å². The molecule has 3 nitrogen and oxygen atoms in total. The lowest BCUT2D eigenvalue weighted by Gasteiger charge is -2.21. The molecule has 0 saturated heterocycles. The summed E-state index contributed by atoms with van der Waals surface area (Å²) in [6, 6.07) is 16.9. The Balaban J connectivity index is 1.52. The number of pyridine rings is 1. The third kappa shape index (κ3) is 3.10. The molecule has 0 spiro atoms. The monoisotopic (exact) mass is 410 g/mol. The van der Waals surface area contributed by atoms with Gasteiger partial charge in [-0.05, 0) is 48.0 Å². The number of aromatic nitrogens is 3. The molecule has 2 aromatic heterocycles. The Hall–Kier alpha value is -2.94. The molecule has 0 bridgehead atoms. The van der Waals surface area contributed by atoms with E-state index in [1.807, 2.05) is 19.3 Å². The summed E-state index contributed by atoms with van der Waals surface area (Å²) in [5.41, 5.74) is 8.75. The Labute approximate surface area is 187 Å². The van der Waals surface area contributed by atoms with Crippen LogP contribution in [0.15, 0.2) is 54.7 Å². The highest BCUT2D eigenvalue weighted by Crippen LogP contribution is 2.37. The van der Waals surface area contributed by atoms with Gasteiger partial charge in [0.1, 0.15) is 18.4 Å². The molecular weight excluding hydrogens is 378 g/mol. The zero-order valence-corrected chi connectivity index (χ0v) is 18.4. The van der Waals surface area contributed by atoms with Crippen LogP contribution in [0.3, 0.4) is 0 Å². The van der Waals surface area contributed by atoms with Crippen LogP contribution >= 0.6 is 0 Å². The average molecular weight is 411 g/mol. The van der Waals surface area contributed by atoms with Crippen LogP contribution < -0.4 is 4.57 Å². The largest absolute Gasteiger partial charge is 0.296 e. The molecule has 2 aromatic carbocycles. The van der Waals surface area contributed by atoms with Crippen molar-refractivity contribution in [2.45, 2.75) is 51.8 Å². The van der Waals surface area contributed by atoms with E-state index in [-0.39, 0.29) is 5.92 Å². The number of benzene rings is 2. The van der Waals surface area contributed by atoms with Crippen molar-refractivity contribution in [3.8, 4) is 16.9 Å². The summed E-state index contributed by atoms with van der Waals surface area (Å²) in [5.74, 6) is 1.17. The molecule has 0 radical (unpaired) electrons. The first-order valence-electron chi connectivity index (χ1n) is 12.5. The molecule has 1 aliphatic carbocycles. The van der Waals surface area contributed by atoms with Crippen LogP contribution in [0.1, 0.15) is 57.4 Å². The lowest BCUT2D eigenvalue weighted by molar-refractivity contribution is -0.660. The molecule has 3 heteroatoms. The molecule has 3 heterocycles. The van der Waals surface area contributed by atoms with Gasteiger partial charge in [-0.2, -0.15) is 0 Å². The fraction of sp³-hybridized carbons (Fsp3) is 0.357. The SMILES string of the molecule is [2H]C([2H])(c1cc[n+](C)c(-c2c(C)ccc3c2nc2n3-c3ccccc3C2)c1)C1CCCCC1.